The van der Waals surface area contributed by atoms with E-state index in [9.17, 15) is 8.42 Å². The van der Waals surface area contributed by atoms with Crippen LogP contribution in [0.25, 0.3) is 10.6 Å². The van der Waals surface area contributed by atoms with Gasteiger partial charge in [-0.25, -0.2) is 8.42 Å². The number of aromatic nitrogens is 2. The number of nitrogens with zero attached hydrogens (tertiary/aromatic N) is 2. The van der Waals surface area contributed by atoms with E-state index in [2.05, 4.69) is 10.2 Å². The predicted octanol–water partition coefficient (Wildman–Crippen LogP) is 2.55. The predicted molar refractivity (Wildman–Crippen MR) is 90.2 cm³/mol. The molecule has 2 aromatic heterocycles. The van der Waals surface area contributed by atoms with Gasteiger partial charge in [0.05, 0.1) is 15.9 Å². The summed E-state index contributed by atoms with van der Waals surface area (Å²) in [5, 5.41) is 7.11. The van der Waals surface area contributed by atoms with Gasteiger partial charge in [0, 0.05) is 30.8 Å². The van der Waals surface area contributed by atoms with Crippen molar-refractivity contribution in [2.24, 2.45) is 0 Å². The number of rotatable bonds is 4. The largest absolute Gasteiger partial charge is 0.381 e. The number of hydrogen-bond donors (Lipinski definition) is 1. The van der Waals surface area contributed by atoms with Crippen LogP contribution >= 0.6 is 11.3 Å². The summed E-state index contributed by atoms with van der Waals surface area (Å²) in [6.45, 7) is 4.79. The quantitative estimate of drug-likeness (QED) is 0.914. The Morgan fingerprint density at radius 3 is 2.57 bits per heavy atom. The van der Waals surface area contributed by atoms with Crippen LogP contribution in [0.2, 0.25) is 0 Å². The molecule has 1 aliphatic heterocycles. The maximum Gasteiger partial charge on any atom is 0.244 e. The van der Waals surface area contributed by atoms with Crippen molar-refractivity contribution in [2.75, 3.05) is 20.2 Å². The first-order valence-corrected chi connectivity index (χ1v) is 9.83. The number of piperidine rings is 1. The Morgan fingerprint density at radius 1 is 1.30 bits per heavy atom. The zero-order valence-corrected chi connectivity index (χ0v) is 15.1. The SMILES string of the molecule is COC1CCN(S(=O)(=O)c2cc(-c3cc(C)[nH]n3)sc2C)CC1. The first-order valence-electron chi connectivity index (χ1n) is 7.57. The number of ether oxygens (including phenoxy) is 1. The van der Waals surface area contributed by atoms with Crippen molar-refractivity contribution in [3.63, 3.8) is 0 Å². The maximum absolute atomic E-state index is 12.9. The van der Waals surface area contributed by atoms with Gasteiger partial charge in [-0.15, -0.1) is 11.3 Å². The van der Waals surface area contributed by atoms with Crippen LogP contribution in [-0.4, -0.2) is 49.2 Å². The zero-order chi connectivity index (χ0) is 16.6. The standard InChI is InChI=1S/C15H21N3O3S2/c1-10-8-13(17-16-10)14-9-15(11(2)22-14)23(19,20)18-6-4-12(21-3)5-7-18/h8-9,12H,4-7H2,1-3H3,(H,16,17). The highest BCUT2D eigenvalue weighted by Crippen LogP contribution is 2.35. The molecule has 0 spiro atoms. The Morgan fingerprint density at radius 2 is 2.00 bits per heavy atom. The summed E-state index contributed by atoms with van der Waals surface area (Å²) in [7, 11) is -1.78. The minimum Gasteiger partial charge on any atom is -0.381 e. The van der Waals surface area contributed by atoms with Gasteiger partial charge in [-0.2, -0.15) is 9.40 Å². The van der Waals surface area contributed by atoms with E-state index in [4.69, 9.17) is 4.74 Å². The van der Waals surface area contributed by atoms with Crippen molar-refractivity contribution < 1.29 is 13.2 Å². The molecule has 6 nitrogen and oxygen atoms in total. The van der Waals surface area contributed by atoms with Gasteiger partial charge in [0.2, 0.25) is 10.0 Å². The molecule has 3 heterocycles. The zero-order valence-electron chi connectivity index (χ0n) is 13.5. The molecule has 0 aliphatic carbocycles. The van der Waals surface area contributed by atoms with Crippen LogP contribution in [0.5, 0.6) is 0 Å². The van der Waals surface area contributed by atoms with Crippen LogP contribution in [0.4, 0.5) is 0 Å². The fourth-order valence-corrected chi connectivity index (χ4v) is 5.83. The van der Waals surface area contributed by atoms with Crippen LogP contribution in [0.15, 0.2) is 17.0 Å². The fraction of sp³-hybridized carbons (Fsp3) is 0.533. The molecule has 8 heteroatoms. The molecule has 0 bridgehead atoms. The van der Waals surface area contributed by atoms with Crippen LogP contribution in [0, 0.1) is 13.8 Å². The Kier molecular flexibility index (Phi) is 4.59. The summed E-state index contributed by atoms with van der Waals surface area (Å²) in [6, 6.07) is 3.67. The Bertz CT molecular complexity index is 787. The smallest absolute Gasteiger partial charge is 0.244 e. The molecular formula is C15H21N3O3S2. The summed E-state index contributed by atoms with van der Waals surface area (Å²) >= 11 is 1.46. The molecule has 0 radical (unpaired) electrons. The average molecular weight is 355 g/mol. The summed E-state index contributed by atoms with van der Waals surface area (Å²) in [5.41, 5.74) is 1.74. The maximum atomic E-state index is 12.9. The second kappa shape index (κ2) is 6.35. The van der Waals surface area contributed by atoms with Gasteiger partial charge < -0.3 is 4.74 Å². The monoisotopic (exact) mass is 355 g/mol. The summed E-state index contributed by atoms with van der Waals surface area (Å²) in [6.07, 6.45) is 1.64. The molecule has 0 saturated carbocycles. The van der Waals surface area contributed by atoms with Crippen LogP contribution in [0.3, 0.4) is 0 Å². The molecule has 0 unspecified atom stereocenters. The van der Waals surface area contributed by atoms with Gasteiger partial charge in [-0.1, -0.05) is 0 Å². The normalized spacial score (nSPS) is 17.7. The number of thiophene rings is 1. The highest BCUT2D eigenvalue weighted by atomic mass is 32.2. The molecule has 0 amide bonds. The lowest BCUT2D eigenvalue weighted by atomic mass is 10.1. The second-order valence-electron chi connectivity index (χ2n) is 5.81. The van der Waals surface area contributed by atoms with Crippen LogP contribution in [-0.2, 0) is 14.8 Å². The van der Waals surface area contributed by atoms with Gasteiger partial charge in [-0.05, 0) is 38.8 Å². The summed E-state index contributed by atoms with van der Waals surface area (Å²) < 4.78 is 32.7. The van der Waals surface area contributed by atoms with Gasteiger partial charge in [0.15, 0.2) is 0 Å². The minimum absolute atomic E-state index is 0.160. The lowest BCUT2D eigenvalue weighted by Gasteiger charge is -2.30. The molecule has 1 N–H and O–H groups in total. The van der Waals surface area contributed by atoms with E-state index in [0.29, 0.717) is 18.0 Å². The molecular weight excluding hydrogens is 334 g/mol. The minimum atomic E-state index is -3.45. The number of H-pyrrole nitrogens is 1. The van der Waals surface area contributed by atoms with Gasteiger partial charge >= 0.3 is 0 Å². The molecule has 1 fully saturated rings. The topological polar surface area (TPSA) is 75.3 Å². The Hall–Kier alpha value is -1.22. The Labute approximate surface area is 140 Å². The molecule has 126 valence electrons. The van der Waals surface area contributed by atoms with Gasteiger partial charge in [-0.3, -0.25) is 5.10 Å². The number of aryl methyl sites for hydroxylation is 2. The van der Waals surface area contributed by atoms with E-state index in [1.54, 1.807) is 17.5 Å². The molecule has 3 rings (SSSR count). The van der Waals surface area contributed by atoms with E-state index < -0.39 is 10.0 Å². The van der Waals surface area contributed by atoms with E-state index in [1.807, 2.05) is 19.9 Å². The van der Waals surface area contributed by atoms with Crippen molar-refractivity contribution in [3.05, 3.63) is 22.7 Å². The Balaban J connectivity index is 1.87. The van der Waals surface area contributed by atoms with Crippen molar-refractivity contribution in [1.82, 2.24) is 14.5 Å². The molecule has 23 heavy (non-hydrogen) atoms. The third-order valence-corrected chi connectivity index (χ3v) is 7.41. The molecule has 0 atom stereocenters. The van der Waals surface area contributed by atoms with E-state index in [1.165, 1.54) is 11.3 Å². The number of nitrogens with one attached hydrogen (secondary N) is 1. The van der Waals surface area contributed by atoms with E-state index >= 15 is 0 Å². The van der Waals surface area contributed by atoms with Crippen molar-refractivity contribution in [3.8, 4) is 10.6 Å². The van der Waals surface area contributed by atoms with Gasteiger partial charge in [0.25, 0.3) is 0 Å². The first kappa shape index (κ1) is 16.6. The molecule has 1 aliphatic rings. The summed E-state index contributed by atoms with van der Waals surface area (Å²) in [5.74, 6) is 0. The van der Waals surface area contributed by atoms with Crippen molar-refractivity contribution in [2.45, 2.75) is 37.7 Å². The number of aromatic amines is 1. The summed E-state index contributed by atoms with van der Waals surface area (Å²) in [4.78, 5) is 2.07. The van der Waals surface area contributed by atoms with E-state index in [-0.39, 0.29) is 6.10 Å². The fourth-order valence-electron chi connectivity index (χ4n) is 2.84. The van der Waals surface area contributed by atoms with E-state index in [0.717, 1.165) is 34.0 Å². The molecule has 2 aromatic rings. The number of hydrogen-bond acceptors (Lipinski definition) is 5. The third kappa shape index (κ3) is 3.21. The second-order valence-corrected chi connectivity index (χ2v) is 8.97. The highest BCUT2D eigenvalue weighted by Gasteiger charge is 2.31. The number of methoxy groups -OCH3 is 1. The average Bonchev–Trinajstić information content (AvgIpc) is 3.13. The lowest BCUT2D eigenvalue weighted by Crippen LogP contribution is -2.40. The molecule has 0 aromatic carbocycles. The van der Waals surface area contributed by atoms with Crippen LogP contribution in [0.1, 0.15) is 23.4 Å². The number of sulfonamides is 1. The lowest BCUT2D eigenvalue weighted by molar-refractivity contribution is 0.0604. The van der Waals surface area contributed by atoms with Crippen molar-refractivity contribution in [1.29, 1.82) is 0 Å². The van der Waals surface area contributed by atoms with Gasteiger partial charge in [0.1, 0.15) is 5.69 Å². The third-order valence-electron chi connectivity index (χ3n) is 4.18. The van der Waals surface area contributed by atoms with Crippen molar-refractivity contribution >= 4 is 21.4 Å². The molecule has 1 saturated heterocycles. The highest BCUT2D eigenvalue weighted by molar-refractivity contribution is 7.89. The first-order chi connectivity index (χ1) is 10.9. The van der Waals surface area contributed by atoms with Crippen LogP contribution < -0.4 is 0 Å².